The number of nitrogens with one attached hydrogen (secondary N) is 1. The zero-order valence-electron chi connectivity index (χ0n) is 8.46. The molecule has 2 aromatic heterocycles. The largest absolute Gasteiger partial charge is 0.254 e. The molecule has 0 saturated heterocycles. The van der Waals surface area contributed by atoms with Crippen molar-refractivity contribution in [3.05, 3.63) is 35.9 Å². The van der Waals surface area contributed by atoms with Crippen LogP contribution in [0.25, 0.3) is 10.9 Å². The molecule has 7 heteroatoms. The van der Waals surface area contributed by atoms with E-state index in [0.29, 0.717) is 5.16 Å². The first-order valence-corrected chi connectivity index (χ1v) is 5.98. The van der Waals surface area contributed by atoms with Crippen molar-refractivity contribution < 1.29 is 0 Å². The summed E-state index contributed by atoms with van der Waals surface area (Å²) < 4.78 is 0. The molecule has 1 aromatic carbocycles. The number of halogens is 1. The fraction of sp³-hybridized carbons (Fsp3) is 0. The third kappa shape index (κ3) is 2.09. The van der Waals surface area contributed by atoms with Crippen LogP contribution in [0.15, 0.2) is 40.8 Å². The molecule has 1 N–H and O–H groups in total. The number of hydrogen-bond acceptors (Lipinski definition) is 5. The van der Waals surface area contributed by atoms with E-state index >= 15 is 0 Å². The Morgan fingerprint density at radius 1 is 1.18 bits per heavy atom. The number of nitrogens with zero attached hydrogens (tertiary/aromatic N) is 4. The van der Waals surface area contributed by atoms with E-state index in [1.807, 2.05) is 24.3 Å². The summed E-state index contributed by atoms with van der Waals surface area (Å²) in [6.07, 6.45) is 1.45. The van der Waals surface area contributed by atoms with Crippen molar-refractivity contribution in [2.24, 2.45) is 0 Å². The molecule has 0 spiro atoms. The van der Waals surface area contributed by atoms with Crippen molar-refractivity contribution in [2.45, 2.75) is 10.2 Å². The molecule has 3 rings (SSSR count). The van der Waals surface area contributed by atoms with Crippen molar-refractivity contribution in [3.8, 4) is 0 Å². The van der Waals surface area contributed by atoms with Gasteiger partial charge in [0, 0.05) is 5.39 Å². The maximum Gasteiger partial charge on any atom is 0.224 e. The maximum absolute atomic E-state index is 5.88. The van der Waals surface area contributed by atoms with Gasteiger partial charge in [-0.05, 0) is 29.4 Å². The minimum Gasteiger partial charge on any atom is -0.254 e. The van der Waals surface area contributed by atoms with Crippen LogP contribution in [0, 0.1) is 0 Å². The maximum atomic E-state index is 5.88. The van der Waals surface area contributed by atoms with Crippen LogP contribution >= 0.6 is 23.4 Å². The van der Waals surface area contributed by atoms with Gasteiger partial charge in [0.05, 0.1) is 5.52 Å². The Bertz CT molecular complexity index is 655. The lowest BCUT2D eigenvalue weighted by Gasteiger charge is -2.03. The Labute approximate surface area is 106 Å². The lowest BCUT2D eigenvalue weighted by atomic mass is 10.2. The van der Waals surface area contributed by atoms with Crippen LogP contribution in [-0.2, 0) is 0 Å². The van der Waals surface area contributed by atoms with E-state index in [0.717, 1.165) is 15.9 Å². The molecular weight excluding hydrogens is 258 g/mol. The van der Waals surface area contributed by atoms with Crippen LogP contribution < -0.4 is 0 Å². The molecular formula is C10H6ClN5S. The minimum absolute atomic E-state index is 0.228. The smallest absolute Gasteiger partial charge is 0.224 e. The topological polar surface area (TPSA) is 67.3 Å². The van der Waals surface area contributed by atoms with Gasteiger partial charge in [0.1, 0.15) is 11.4 Å². The van der Waals surface area contributed by atoms with E-state index in [2.05, 4.69) is 25.1 Å². The fourth-order valence-electron chi connectivity index (χ4n) is 1.43. The molecule has 0 aliphatic carbocycles. The Balaban J connectivity index is 2.14. The molecule has 0 saturated carbocycles. The molecule has 0 unspecified atom stereocenters. The monoisotopic (exact) mass is 263 g/mol. The highest BCUT2D eigenvalue weighted by molar-refractivity contribution is 7.99. The van der Waals surface area contributed by atoms with Crippen molar-refractivity contribution in [2.75, 3.05) is 0 Å². The van der Waals surface area contributed by atoms with Gasteiger partial charge in [0.15, 0.2) is 5.16 Å². The number of aromatic amines is 1. The van der Waals surface area contributed by atoms with Gasteiger partial charge in [-0.1, -0.05) is 18.2 Å². The van der Waals surface area contributed by atoms with Crippen LogP contribution in [0.2, 0.25) is 5.28 Å². The van der Waals surface area contributed by atoms with E-state index in [-0.39, 0.29) is 5.28 Å². The third-order valence-corrected chi connectivity index (χ3v) is 3.19. The highest BCUT2D eigenvalue weighted by atomic mass is 35.5. The molecule has 0 aliphatic heterocycles. The SMILES string of the molecule is Clc1nc(Sc2ncn[nH]2)c2ccccc2n1. The van der Waals surface area contributed by atoms with Gasteiger partial charge in [-0.15, -0.1) is 0 Å². The molecule has 17 heavy (non-hydrogen) atoms. The van der Waals surface area contributed by atoms with E-state index in [1.54, 1.807) is 0 Å². The molecule has 0 bridgehead atoms. The molecule has 0 atom stereocenters. The summed E-state index contributed by atoms with van der Waals surface area (Å²) in [6, 6.07) is 7.69. The number of fused-ring (bicyclic) bond motifs is 1. The van der Waals surface area contributed by atoms with Crippen molar-refractivity contribution in [1.82, 2.24) is 25.1 Å². The van der Waals surface area contributed by atoms with Crippen LogP contribution in [0.5, 0.6) is 0 Å². The quantitative estimate of drug-likeness (QED) is 0.568. The molecule has 5 nitrogen and oxygen atoms in total. The Morgan fingerprint density at radius 2 is 2.06 bits per heavy atom. The minimum atomic E-state index is 0.228. The summed E-state index contributed by atoms with van der Waals surface area (Å²) in [5.74, 6) is 0. The van der Waals surface area contributed by atoms with Gasteiger partial charge >= 0.3 is 0 Å². The second-order valence-corrected chi connectivity index (χ2v) is 4.52. The number of H-pyrrole nitrogens is 1. The normalized spacial score (nSPS) is 10.9. The van der Waals surface area contributed by atoms with E-state index in [9.17, 15) is 0 Å². The number of para-hydroxylation sites is 1. The molecule has 84 valence electrons. The van der Waals surface area contributed by atoms with Gasteiger partial charge in [0.25, 0.3) is 0 Å². The zero-order valence-corrected chi connectivity index (χ0v) is 10.0. The second-order valence-electron chi connectivity index (χ2n) is 3.21. The summed E-state index contributed by atoms with van der Waals surface area (Å²) in [5, 5.41) is 9.16. The first kappa shape index (κ1) is 10.5. The number of hydrogen-bond donors (Lipinski definition) is 1. The lowest BCUT2D eigenvalue weighted by molar-refractivity contribution is 0.967. The number of aromatic nitrogens is 5. The standard InChI is InChI=1S/C10H6ClN5S/c11-9-14-7-4-2-1-3-6(7)8(15-9)17-10-12-5-13-16-10/h1-5H,(H,12,13,16). The highest BCUT2D eigenvalue weighted by Crippen LogP contribution is 2.29. The first-order chi connectivity index (χ1) is 8.33. The summed E-state index contributed by atoms with van der Waals surface area (Å²) >= 11 is 7.26. The van der Waals surface area contributed by atoms with Crippen LogP contribution in [0.3, 0.4) is 0 Å². The van der Waals surface area contributed by atoms with Crippen LogP contribution in [0.4, 0.5) is 0 Å². The Kier molecular flexibility index (Phi) is 2.66. The Morgan fingerprint density at radius 3 is 2.88 bits per heavy atom. The average Bonchev–Trinajstić information content (AvgIpc) is 2.81. The molecule has 0 amide bonds. The predicted octanol–water partition coefficient (Wildman–Crippen LogP) is 2.55. The highest BCUT2D eigenvalue weighted by Gasteiger charge is 2.09. The van der Waals surface area contributed by atoms with Crippen LogP contribution in [0.1, 0.15) is 0 Å². The third-order valence-electron chi connectivity index (χ3n) is 2.13. The van der Waals surface area contributed by atoms with Gasteiger partial charge in [0.2, 0.25) is 5.28 Å². The molecule has 2 heterocycles. The summed E-state index contributed by atoms with van der Waals surface area (Å²) in [4.78, 5) is 12.4. The fourth-order valence-corrected chi connectivity index (χ4v) is 2.45. The molecule has 0 aliphatic rings. The second kappa shape index (κ2) is 4.31. The van der Waals surface area contributed by atoms with Gasteiger partial charge < -0.3 is 0 Å². The van der Waals surface area contributed by atoms with Crippen molar-refractivity contribution in [1.29, 1.82) is 0 Å². The van der Waals surface area contributed by atoms with Crippen molar-refractivity contribution >= 4 is 34.3 Å². The summed E-state index contributed by atoms with van der Waals surface area (Å²) in [7, 11) is 0. The van der Waals surface area contributed by atoms with Gasteiger partial charge in [-0.25, -0.2) is 15.0 Å². The van der Waals surface area contributed by atoms with Gasteiger partial charge in [-0.2, -0.15) is 5.10 Å². The average molecular weight is 264 g/mol. The zero-order chi connectivity index (χ0) is 11.7. The summed E-state index contributed by atoms with van der Waals surface area (Å²) in [6.45, 7) is 0. The molecule has 0 radical (unpaired) electrons. The van der Waals surface area contributed by atoms with Crippen LogP contribution in [-0.4, -0.2) is 25.1 Å². The van der Waals surface area contributed by atoms with Crippen molar-refractivity contribution in [3.63, 3.8) is 0 Å². The first-order valence-electron chi connectivity index (χ1n) is 4.78. The molecule has 0 fully saturated rings. The van der Waals surface area contributed by atoms with E-state index < -0.39 is 0 Å². The summed E-state index contributed by atoms with van der Waals surface area (Å²) in [5.41, 5.74) is 0.814. The molecule has 3 aromatic rings. The predicted molar refractivity (Wildman–Crippen MR) is 65.1 cm³/mol. The number of benzene rings is 1. The van der Waals surface area contributed by atoms with E-state index in [1.165, 1.54) is 18.1 Å². The van der Waals surface area contributed by atoms with E-state index in [4.69, 9.17) is 11.6 Å². The Hall–Kier alpha value is -1.66. The number of rotatable bonds is 2. The van der Waals surface area contributed by atoms with Gasteiger partial charge in [-0.3, -0.25) is 5.10 Å². The lowest BCUT2D eigenvalue weighted by Crippen LogP contribution is -1.89.